The molecule has 5 rings (SSSR count). The predicted octanol–water partition coefficient (Wildman–Crippen LogP) is 5.92. The maximum Gasteiger partial charge on any atom is 0.410 e. The van der Waals surface area contributed by atoms with E-state index in [1.54, 1.807) is 12.1 Å². The SMILES string of the molecule is CC1CCc2c(sc(NC(=O)c3cc4n(n3)C(C(F)(F)F)CC(c3cccs3)N4)c2C#N)C1. The number of halogens is 3. The van der Waals surface area contributed by atoms with Crippen molar-refractivity contribution in [1.82, 2.24) is 9.78 Å². The third-order valence-electron chi connectivity index (χ3n) is 6.16. The first-order valence-electron chi connectivity index (χ1n) is 10.6. The Morgan fingerprint density at radius 1 is 1.42 bits per heavy atom. The Morgan fingerprint density at radius 3 is 2.94 bits per heavy atom. The molecule has 3 aromatic heterocycles. The molecule has 33 heavy (non-hydrogen) atoms. The number of hydrogen-bond acceptors (Lipinski definition) is 6. The van der Waals surface area contributed by atoms with Gasteiger partial charge in [-0.1, -0.05) is 13.0 Å². The molecule has 3 atom stereocenters. The van der Waals surface area contributed by atoms with Crippen LogP contribution in [0, 0.1) is 17.2 Å². The van der Waals surface area contributed by atoms with Gasteiger partial charge in [0.15, 0.2) is 11.7 Å². The van der Waals surface area contributed by atoms with Crippen LogP contribution in [-0.2, 0) is 12.8 Å². The maximum absolute atomic E-state index is 13.8. The largest absolute Gasteiger partial charge is 0.410 e. The molecule has 3 aromatic rings. The van der Waals surface area contributed by atoms with Crippen LogP contribution in [-0.4, -0.2) is 21.9 Å². The fourth-order valence-corrected chi connectivity index (χ4v) is 6.63. The molecule has 0 radical (unpaired) electrons. The summed E-state index contributed by atoms with van der Waals surface area (Å²) in [6.07, 6.45) is -2.11. The van der Waals surface area contributed by atoms with Gasteiger partial charge in [0.1, 0.15) is 16.9 Å². The molecule has 1 aliphatic heterocycles. The number of fused-ring (bicyclic) bond motifs is 2. The van der Waals surface area contributed by atoms with E-state index in [-0.39, 0.29) is 17.9 Å². The number of anilines is 2. The van der Waals surface area contributed by atoms with Crippen LogP contribution in [0.1, 0.15) is 63.2 Å². The Kier molecular flexibility index (Phi) is 5.45. The zero-order valence-corrected chi connectivity index (χ0v) is 19.2. The maximum atomic E-state index is 13.8. The van der Waals surface area contributed by atoms with E-state index in [1.165, 1.54) is 28.7 Å². The number of amides is 1. The molecule has 6 nitrogen and oxygen atoms in total. The summed E-state index contributed by atoms with van der Waals surface area (Å²) in [6.45, 7) is 2.15. The Hall–Kier alpha value is -2.84. The quantitative estimate of drug-likeness (QED) is 0.477. The number of rotatable bonds is 3. The van der Waals surface area contributed by atoms with Crippen molar-refractivity contribution < 1.29 is 18.0 Å². The van der Waals surface area contributed by atoms with E-state index in [0.29, 0.717) is 16.5 Å². The number of nitrogens with one attached hydrogen (secondary N) is 2. The fourth-order valence-electron chi connectivity index (χ4n) is 4.48. The second-order valence-electron chi connectivity index (χ2n) is 8.49. The van der Waals surface area contributed by atoms with Gasteiger partial charge in [0, 0.05) is 22.2 Å². The van der Waals surface area contributed by atoms with Crippen molar-refractivity contribution in [3.8, 4) is 6.07 Å². The minimum absolute atomic E-state index is 0.123. The zero-order valence-electron chi connectivity index (χ0n) is 17.6. The highest BCUT2D eigenvalue weighted by molar-refractivity contribution is 7.16. The molecular formula is C22H20F3N5OS2. The number of aromatic nitrogens is 2. The van der Waals surface area contributed by atoms with Crippen molar-refractivity contribution in [2.45, 2.75) is 50.9 Å². The van der Waals surface area contributed by atoms with E-state index in [4.69, 9.17) is 0 Å². The fraction of sp³-hybridized carbons (Fsp3) is 0.409. The van der Waals surface area contributed by atoms with E-state index < -0.39 is 24.2 Å². The van der Waals surface area contributed by atoms with Gasteiger partial charge >= 0.3 is 6.18 Å². The van der Waals surface area contributed by atoms with Crippen molar-refractivity contribution in [3.05, 3.63) is 50.2 Å². The molecule has 11 heteroatoms. The molecule has 1 amide bonds. The van der Waals surface area contributed by atoms with Crippen LogP contribution in [0.3, 0.4) is 0 Å². The predicted molar refractivity (Wildman–Crippen MR) is 121 cm³/mol. The number of nitriles is 1. The molecule has 172 valence electrons. The highest BCUT2D eigenvalue weighted by Gasteiger charge is 2.47. The van der Waals surface area contributed by atoms with Gasteiger partial charge in [-0.15, -0.1) is 22.7 Å². The van der Waals surface area contributed by atoms with Crippen molar-refractivity contribution in [1.29, 1.82) is 5.26 Å². The van der Waals surface area contributed by atoms with Gasteiger partial charge in [0.25, 0.3) is 5.91 Å². The molecule has 1 aliphatic carbocycles. The molecule has 0 fully saturated rings. The van der Waals surface area contributed by atoms with Crippen molar-refractivity contribution in [2.75, 3.05) is 10.6 Å². The summed E-state index contributed by atoms with van der Waals surface area (Å²) in [5.74, 6) is 0.0233. The second-order valence-corrected chi connectivity index (χ2v) is 10.6. The van der Waals surface area contributed by atoms with Gasteiger partial charge in [-0.2, -0.15) is 23.5 Å². The van der Waals surface area contributed by atoms with Gasteiger partial charge in [-0.25, -0.2) is 4.68 Å². The van der Waals surface area contributed by atoms with Gasteiger partial charge in [0.2, 0.25) is 0 Å². The molecule has 0 aromatic carbocycles. The Bertz CT molecular complexity index is 1240. The van der Waals surface area contributed by atoms with Gasteiger partial charge in [0.05, 0.1) is 11.6 Å². The van der Waals surface area contributed by atoms with Crippen LogP contribution in [0.5, 0.6) is 0 Å². The number of carbonyl (C=O) groups is 1. The first-order valence-corrected chi connectivity index (χ1v) is 12.3. The van der Waals surface area contributed by atoms with Gasteiger partial charge in [-0.05, 0) is 42.2 Å². The molecule has 2 aliphatic rings. The summed E-state index contributed by atoms with van der Waals surface area (Å²) in [7, 11) is 0. The lowest BCUT2D eigenvalue weighted by atomic mass is 9.89. The molecule has 3 unspecified atom stereocenters. The lowest BCUT2D eigenvalue weighted by Gasteiger charge is -2.32. The highest BCUT2D eigenvalue weighted by Crippen LogP contribution is 2.44. The van der Waals surface area contributed by atoms with Crippen LogP contribution in [0.4, 0.5) is 24.0 Å². The van der Waals surface area contributed by atoms with E-state index in [9.17, 15) is 23.2 Å². The average Bonchev–Trinajstić information content (AvgIpc) is 3.49. The minimum Gasteiger partial charge on any atom is -0.363 e. The number of alkyl halides is 3. The van der Waals surface area contributed by atoms with Crippen LogP contribution >= 0.6 is 22.7 Å². The minimum atomic E-state index is -4.51. The first kappa shape index (κ1) is 22.0. The Labute approximate surface area is 196 Å². The third kappa shape index (κ3) is 4.02. The molecule has 2 N–H and O–H groups in total. The topological polar surface area (TPSA) is 82.7 Å². The highest BCUT2D eigenvalue weighted by atomic mass is 32.1. The Balaban J connectivity index is 1.44. The second kappa shape index (κ2) is 8.18. The standard InChI is InChI=1S/C22H20F3N5OS2/c1-11-4-5-12-13(10-26)21(33-17(12)7-11)28-20(31)15-9-19-27-14(16-3-2-6-32-16)8-18(22(23,24)25)30(19)29-15/h2-3,6,9,11,14,18,27H,4-5,7-8H2,1H3,(H,28,31). The summed E-state index contributed by atoms with van der Waals surface area (Å²) in [4.78, 5) is 14.8. The summed E-state index contributed by atoms with van der Waals surface area (Å²) < 4.78 is 42.4. The lowest BCUT2D eigenvalue weighted by Crippen LogP contribution is -2.35. The summed E-state index contributed by atoms with van der Waals surface area (Å²) >= 11 is 2.75. The average molecular weight is 492 g/mol. The number of hydrogen-bond donors (Lipinski definition) is 2. The third-order valence-corrected chi connectivity index (χ3v) is 8.32. The zero-order chi connectivity index (χ0) is 23.3. The Morgan fingerprint density at radius 2 is 2.24 bits per heavy atom. The normalized spacial score (nSPS) is 22.1. The molecule has 0 saturated carbocycles. The first-order chi connectivity index (χ1) is 15.7. The van der Waals surface area contributed by atoms with E-state index >= 15 is 0 Å². The monoisotopic (exact) mass is 491 g/mol. The van der Waals surface area contributed by atoms with Crippen molar-refractivity contribution >= 4 is 39.4 Å². The van der Waals surface area contributed by atoms with E-state index in [0.717, 1.165) is 39.3 Å². The summed E-state index contributed by atoms with van der Waals surface area (Å²) in [6, 6.07) is 4.75. The molecule has 4 heterocycles. The number of thiophene rings is 2. The summed E-state index contributed by atoms with van der Waals surface area (Å²) in [5, 5.41) is 21.7. The van der Waals surface area contributed by atoms with Gasteiger partial charge < -0.3 is 10.6 Å². The number of carbonyl (C=O) groups excluding carboxylic acids is 1. The number of nitrogens with zero attached hydrogens (tertiary/aromatic N) is 3. The molecular weight excluding hydrogens is 471 g/mol. The van der Waals surface area contributed by atoms with E-state index in [2.05, 4.69) is 28.7 Å². The van der Waals surface area contributed by atoms with Crippen molar-refractivity contribution in [3.63, 3.8) is 0 Å². The van der Waals surface area contributed by atoms with Crippen LogP contribution in [0.25, 0.3) is 0 Å². The molecule has 0 bridgehead atoms. The van der Waals surface area contributed by atoms with Crippen LogP contribution in [0.15, 0.2) is 23.6 Å². The van der Waals surface area contributed by atoms with Crippen LogP contribution in [0.2, 0.25) is 0 Å². The van der Waals surface area contributed by atoms with Gasteiger partial charge in [-0.3, -0.25) is 4.79 Å². The molecule has 0 spiro atoms. The van der Waals surface area contributed by atoms with Crippen LogP contribution < -0.4 is 10.6 Å². The van der Waals surface area contributed by atoms with E-state index in [1.807, 2.05) is 5.38 Å². The summed E-state index contributed by atoms with van der Waals surface area (Å²) in [5.41, 5.74) is 1.29. The molecule has 0 saturated heterocycles. The smallest absolute Gasteiger partial charge is 0.363 e. The van der Waals surface area contributed by atoms with Crippen molar-refractivity contribution in [2.24, 2.45) is 5.92 Å². The lowest BCUT2D eigenvalue weighted by molar-refractivity contribution is -0.173.